The second-order valence-electron chi connectivity index (χ2n) is 6.81. The highest BCUT2D eigenvalue weighted by Crippen LogP contribution is 2.06. The third kappa shape index (κ3) is 9.90. The van der Waals surface area contributed by atoms with Gasteiger partial charge in [0.15, 0.2) is 5.96 Å². The molecule has 0 bridgehead atoms. The molecule has 0 fully saturated rings. The molecule has 0 radical (unpaired) electrons. The van der Waals surface area contributed by atoms with E-state index in [1.165, 1.54) is 0 Å². The van der Waals surface area contributed by atoms with Crippen molar-refractivity contribution >= 4 is 24.1 Å². The van der Waals surface area contributed by atoms with Gasteiger partial charge < -0.3 is 37.7 Å². The number of aliphatic hydroxyl groups is 1. The molecule has 0 saturated carbocycles. The predicted octanol–water partition coefficient (Wildman–Crippen LogP) is -1.65. The van der Waals surface area contributed by atoms with E-state index in [9.17, 15) is 19.5 Å². The molecule has 0 aliphatic rings. The lowest BCUT2D eigenvalue weighted by molar-refractivity contribution is -0.132. The van der Waals surface area contributed by atoms with Crippen LogP contribution in [-0.2, 0) is 14.4 Å². The number of nitrogens with two attached hydrogens (primary N) is 3. The zero-order chi connectivity index (χ0) is 21.0. The second-order valence-corrected chi connectivity index (χ2v) is 6.81. The SMILES string of the molecule is CCC[C@H](NC(=O)[C@@H](N)[C@H](O)C(C)C)C(=O)N[C@@H](C=O)CCCN=C(N)N. The van der Waals surface area contributed by atoms with Crippen molar-refractivity contribution < 1.29 is 19.5 Å². The number of aliphatic imine (C=N–C) groups is 1. The predicted molar refractivity (Wildman–Crippen MR) is 104 cm³/mol. The van der Waals surface area contributed by atoms with Crippen molar-refractivity contribution in [1.29, 1.82) is 0 Å². The summed E-state index contributed by atoms with van der Waals surface area (Å²) in [7, 11) is 0. The minimum absolute atomic E-state index is 0.0349. The summed E-state index contributed by atoms with van der Waals surface area (Å²) in [6.07, 6.45) is 1.50. The Bertz CT molecular complexity index is 508. The van der Waals surface area contributed by atoms with E-state index in [4.69, 9.17) is 17.2 Å². The molecule has 4 atom stereocenters. The number of rotatable bonds is 13. The van der Waals surface area contributed by atoms with Crippen LogP contribution in [0.3, 0.4) is 0 Å². The summed E-state index contributed by atoms with van der Waals surface area (Å²) >= 11 is 0. The highest BCUT2D eigenvalue weighted by atomic mass is 16.3. The Balaban J connectivity index is 4.78. The lowest BCUT2D eigenvalue weighted by Gasteiger charge is -2.25. The molecular weight excluding hydrogens is 352 g/mol. The van der Waals surface area contributed by atoms with Gasteiger partial charge in [-0.1, -0.05) is 27.2 Å². The van der Waals surface area contributed by atoms with Gasteiger partial charge in [-0.25, -0.2) is 0 Å². The average Bonchev–Trinajstić information content (AvgIpc) is 2.61. The molecule has 10 heteroatoms. The van der Waals surface area contributed by atoms with Crippen LogP contribution in [0.2, 0.25) is 0 Å². The number of hydrogen-bond donors (Lipinski definition) is 6. The van der Waals surface area contributed by atoms with E-state index >= 15 is 0 Å². The highest BCUT2D eigenvalue weighted by molar-refractivity contribution is 5.91. The molecule has 0 aromatic carbocycles. The molecule has 0 unspecified atom stereocenters. The number of carbonyl (C=O) groups excluding carboxylic acids is 3. The minimum atomic E-state index is -1.14. The number of nitrogens with one attached hydrogen (secondary N) is 2. The van der Waals surface area contributed by atoms with Crippen molar-refractivity contribution in [1.82, 2.24) is 10.6 Å². The summed E-state index contributed by atoms with van der Waals surface area (Å²) in [6.45, 7) is 5.69. The van der Waals surface area contributed by atoms with Gasteiger partial charge in [0.05, 0.1) is 12.1 Å². The molecule has 0 heterocycles. The largest absolute Gasteiger partial charge is 0.391 e. The molecule has 0 rings (SSSR count). The zero-order valence-corrected chi connectivity index (χ0v) is 16.4. The summed E-state index contributed by atoms with van der Waals surface area (Å²) in [6, 6.07) is -2.69. The fourth-order valence-electron chi connectivity index (χ4n) is 2.37. The van der Waals surface area contributed by atoms with E-state index in [-0.39, 0.29) is 11.9 Å². The first-order valence-electron chi connectivity index (χ1n) is 9.19. The monoisotopic (exact) mass is 386 g/mol. The van der Waals surface area contributed by atoms with E-state index in [0.717, 1.165) is 0 Å². The van der Waals surface area contributed by atoms with Crippen LogP contribution in [0.4, 0.5) is 0 Å². The summed E-state index contributed by atoms with van der Waals surface area (Å²) in [5.41, 5.74) is 16.2. The molecule has 9 N–H and O–H groups in total. The van der Waals surface area contributed by atoms with Gasteiger partial charge in [0.2, 0.25) is 11.8 Å². The topological polar surface area (TPSA) is 186 Å². The maximum absolute atomic E-state index is 12.4. The van der Waals surface area contributed by atoms with E-state index in [1.54, 1.807) is 13.8 Å². The zero-order valence-electron chi connectivity index (χ0n) is 16.4. The standard InChI is InChI=1S/C17H34N6O4/c1-4-6-12(23-16(27)13(18)14(25)10(2)3)15(26)22-11(9-24)7-5-8-21-17(19)20/h9-14,25H,4-8,18H2,1-3H3,(H,22,26)(H,23,27)(H4,19,20,21)/t11-,12+,13+,14-/m1/s1. The Kier molecular flexibility index (Phi) is 12.0. The van der Waals surface area contributed by atoms with Crippen LogP contribution in [0.1, 0.15) is 46.5 Å². The fraction of sp³-hybridized carbons (Fsp3) is 0.765. The molecule has 27 heavy (non-hydrogen) atoms. The molecule has 10 nitrogen and oxygen atoms in total. The number of aliphatic hydroxyl groups excluding tert-OH is 1. The number of nitrogens with zero attached hydrogens (tertiary/aromatic N) is 1. The van der Waals surface area contributed by atoms with Crippen LogP contribution in [0.5, 0.6) is 0 Å². The summed E-state index contributed by atoms with van der Waals surface area (Å²) in [4.78, 5) is 39.7. The lowest BCUT2D eigenvalue weighted by atomic mass is 9.99. The van der Waals surface area contributed by atoms with E-state index < -0.39 is 36.0 Å². The smallest absolute Gasteiger partial charge is 0.243 e. The van der Waals surface area contributed by atoms with Crippen LogP contribution in [0.25, 0.3) is 0 Å². The molecule has 2 amide bonds. The summed E-state index contributed by atoms with van der Waals surface area (Å²) < 4.78 is 0. The Morgan fingerprint density at radius 2 is 1.78 bits per heavy atom. The van der Waals surface area contributed by atoms with E-state index in [0.29, 0.717) is 38.5 Å². The number of guanidine groups is 1. The molecule has 0 aromatic rings. The average molecular weight is 386 g/mol. The van der Waals surface area contributed by atoms with Crippen molar-refractivity contribution in [2.45, 2.75) is 70.7 Å². The molecular formula is C17H34N6O4. The van der Waals surface area contributed by atoms with Crippen LogP contribution < -0.4 is 27.8 Å². The Hall–Kier alpha value is -2.20. The highest BCUT2D eigenvalue weighted by Gasteiger charge is 2.29. The Morgan fingerprint density at radius 1 is 1.15 bits per heavy atom. The van der Waals surface area contributed by atoms with Crippen LogP contribution in [-0.4, -0.2) is 59.9 Å². The van der Waals surface area contributed by atoms with Gasteiger partial charge in [-0.2, -0.15) is 0 Å². The molecule has 0 spiro atoms. The van der Waals surface area contributed by atoms with Gasteiger partial charge in [-0.15, -0.1) is 0 Å². The Morgan fingerprint density at radius 3 is 2.26 bits per heavy atom. The van der Waals surface area contributed by atoms with E-state index in [2.05, 4.69) is 15.6 Å². The van der Waals surface area contributed by atoms with Crippen molar-refractivity contribution in [2.24, 2.45) is 28.1 Å². The first-order chi connectivity index (χ1) is 12.6. The first kappa shape index (κ1) is 24.8. The number of hydrogen-bond acceptors (Lipinski definition) is 6. The van der Waals surface area contributed by atoms with Crippen molar-refractivity contribution in [3.8, 4) is 0 Å². The second kappa shape index (κ2) is 13.0. The third-order valence-electron chi connectivity index (χ3n) is 4.02. The quantitative estimate of drug-likeness (QED) is 0.0947. The van der Waals surface area contributed by atoms with Gasteiger partial charge in [0, 0.05) is 6.54 Å². The maximum Gasteiger partial charge on any atom is 0.243 e. The first-order valence-corrected chi connectivity index (χ1v) is 9.19. The normalized spacial score (nSPS) is 15.3. The van der Waals surface area contributed by atoms with Gasteiger partial charge in [0.1, 0.15) is 18.4 Å². The molecule has 0 aliphatic carbocycles. The molecule has 0 saturated heterocycles. The summed E-state index contributed by atoms with van der Waals surface area (Å²) in [5.74, 6) is -1.32. The number of aldehydes is 1. The van der Waals surface area contributed by atoms with Gasteiger partial charge in [0.25, 0.3) is 0 Å². The van der Waals surface area contributed by atoms with Crippen molar-refractivity contribution in [3.05, 3.63) is 0 Å². The van der Waals surface area contributed by atoms with Crippen LogP contribution in [0.15, 0.2) is 4.99 Å². The van der Waals surface area contributed by atoms with Gasteiger partial charge in [-0.05, 0) is 25.2 Å². The molecule has 156 valence electrons. The molecule has 0 aromatic heterocycles. The summed E-state index contributed by atoms with van der Waals surface area (Å²) in [5, 5.41) is 15.1. The molecule has 0 aliphatic heterocycles. The van der Waals surface area contributed by atoms with Crippen LogP contribution in [0, 0.1) is 5.92 Å². The minimum Gasteiger partial charge on any atom is -0.391 e. The van der Waals surface area contributed by atoms with Crippen molar-refractivity contribution in [3.63, 3.8) is 0 Å². The fourth-order valence-corrected chi connectivity index (χ4v) is 2.37. The Labute approximate surface area is 160 Å². The third-order valence-corrected chi connectivity index (χ3v) is 4.02. The maximum atomic E-state index is 12.4. The number of carbonyl (C=O) groups is 3. The number of amides is 2. The van der Waals surface area contributed by atoms with E-state index in [1.807, 2.05) is 6.92 Å². The van der Waals surface area contributed by atoms with Gasteiger partial charge >= 0.3 is 0 Å². The van der Waals surface area contributed by atoms with Crippen molar-refractivity contribution in [2.75, 3.05) is 6.54 Å². The lowest BCUT2D eigenvalue weighted by Crippen LogP contribution is -2.56. The van der Waals surface area contributed by atoms with Crippen LogP contribution >= 0.6 is 0 Å². The van der Waals surface area contributed by atoms with Gasteiger partial charge in [-0.3, -0.25) is 14.6 Å².